The van der Waals surface area contributed by atoms with E-state index < -0.39 is 11.7 Å². The summed E-state index contributed by atoms with van der Waals surface area (Å²) in [6.07, 6.45) is 2.23. The van der Waals surface area contributed by atoms with Crippen molar-refractivity contribution < 1.29 is 18.7 Å². The van der Waals surface area contributed by atoms with Crippen molar-refractivity contribution in [3.63, 3.8) is 0 Å². The standard InChI is InChI=1S/C20H21ClFN3O3/c1-2-11-28-18-8-3-15(21)12-14(18)13-23-25-20(27)10-9-19(26)24-17-6-4-16(22)5-7-17/h3-8,12-13H,2,9-11H2,1H3,(H,24,26)(H,25,27). The van der Waals surface area contributed by atoms with Crippen molar-refractivity contribution in [1.82, 2.24) is 5.43 Å². The summed E-state index contributed by atoms with van der Waals surface area (Å²) in [5.41, 5.74) is 3.46. The van der Waals surface area contributed by atoms with Crippen molar-refractivity contribution in [3.8, 4) is 5.75 Å². The average Bonchev–Trinajstić information content (AvgIpc) is 2.67. The molecule has 148 valence electrons. The molecule has 0 saturated carbocycles. The molecule has 8 heteroatoms. The lowest BCUT2D eigenvalue weighted by Crippen LogP contribution is -2.20. The summed E-state index contributed by atoms with van der Waals surface area (Å²) in [6, 6.07) is 10.5. The number of carbonyl (C=O) groups excluding carboxylic acids is 2. The van der Waals surface area contributed by atoms with E-state index in [0.717, 1.165) is 6.42 Å². The van der Waals surface area contributed by atoms with Crippen LogP contribution in [0.2, 0.25) is 5.02 Å². The van der Waals surface area contributed by atoms with E-state index in [4.69, 9.17) is 16.3 Å². The summed E-state index contributed by atoms with van der Waals surface area (Å²) < 4.78 is 18.4. The first-order valence-electron chi connectivity index (χ1n) is 8.77. The van der Waals surface area contributed by atoms with E-state index in [1.54, 1.807) is 18.2 Å². The van der Waals surface area contributed by atoms with Gasteiger partial charge < -0.3 is 10.1 Å². The Labute approximate surface area is 167 Å². The van der Waals surface area contributed by atoms with E-state index in [9.17, 15) is 14.0 Å². The van der Waals surface area contributed by atoms with E-state index >= 15 is 0 Å². The molecule has 0 aliphatic carbocycles. The first kappa shape index (κ1) is 21.4. The molecule has 0 atom stereocenters. The Morgan fingerprint density at radius 2 is 1.86 bits per heavy atom. The minimum absolute atomic E-state index is 0.0270. The Bertz CT molecular complexity index is 841. The van der Waals surface area contributed by atoms with Gasteiger partial charge in [0.15, 0.2) is 0 Å². The van der Waals surface area contributed by atoms with Gasteiger partial charge in [0, 0.05) is 29.1 Å². The highest BCUT2D eigenvalue weighted by atomic mass is 35.5. The van der Waals surface area contributed by atoms with Crippen molar-refractivity contribution in [2.45, 2.75) is 26.2 Å². The van der Waals surface area contributed by atoms with Crippen LogP contribution in [-0.2, 0) is 9.59 Å². The first-order valence-corrected chi connectivity index (χ1v) is 9.15. The molecule has 0 bridgehead atoms. The van der Waals surface area contributed by atoms with Crippen molar-refractivity contribution in [2.24, 2.45) is 5.10 Å². The fourth-order valence-electron chi connectivity index (χ4n) is 2.18. The second kappa shape index (κ2) is 11.0. The largest absolute Gasteiger partial charge is 0.493 e. The molecule has 2 aromatic carbocycles. The van der Waals surface area contributed by atoms with Crippen LogP contribution in [0.15, 0.2) is 47.6 Å². The Morgan fingerprint density at radius 3 is 2.57 bits per heavy atom. The highest BCUT2D eigenvalue weighted by Crippen LogP contribution is 2.21. The normalized spacial score (nSPS) is 10.7. The predicted molar refractivity (Wildman–Crippen MR) is 107 cm³/mol. The number of rotatable bonds is 9. The average molecular weight is 406 g/mol. The third-order valence-corrected chi connectivity index (χ3v) is 3.77. The van der Waals surface area contributed by atoms with Gasteiger partial charge in [0.25, 0.3) is 0 Å². The van der Waals surface area contributed by atoms with Crippen LogP contribution in [0.5, 0.6) is 5.75 Å². The molecule has 2 aromatic rings. The van der Waals surface area contributed by atoms with Crippen LogP contribution < -0.4 is 15.5 Å². The second-order valence-corrected chi connectivity index (χ2v) is 6.32. The van der Waals surface area contributed by atoms with Gasteiger partial charge in [-0.2, -0.15) is 5.10 Å². The van der Waals surface area contributed by atoms with Gasteiger partial charge in [-0.3, -0.25) is 9.59 Å². The van der Waals surface area contributed by atoms with E-state index in [2.05, 4.69) is 15.8 Å². The third-order valence-electron chi connectivity index (χ3n) is 3.53. The number of halogens is 2. The summed E-state index contributed by atoms with van der Waals surface area (Å²) >= 11 is 5.98. The molecule has 6 nitrogen and oxygen atoms in total. The van der Waals surface area contributed by atoms with Crippen molar-refractivity contribution in [3.05, 3.63) is 58.9 Å². The molecule has 0 saturated heterocycles. The molecular weight excluding hydrogens is 385 g/mol. The number of nitrogens with one attached hydrogen (secondary N) is 2. The number of amides is 2. The molecule has 0 fully saturated rings. The van der Waals surface area contributed by atoms with Crippen LogP contribution >= 0.6 is 11.6 Å². The lowest BCUT2D eigenvalue weighted by molar-refractivity contribution is -0.124. The molecule has 28 heavy (non-hydrogen) atoms. The van der Waals surface area contributed by atoms with E-state index in [1.807, 2.05) is 6.92 Å². The lowest BCUT2D eigenvalue weighted by Gasteiger charge is -2.08. The number of hydrogen-bond donors (Lipinski definition) is 2. The molecule has 2 amide bonds. The summed E-state index contributed by atoms with van der Waals surface area (Å²) in [5, 5.41) is 6.99. The monoisotopic (exact) mass is 405 g/mol. The number of hydrazone groups is 1. The minimum atomic E-state index is -0.413. The Morgan fingerprint density at radius 1 is 1.14 bits per heavy atom. The van der Waals surface area contributed by atoms with Crippen molar-refractivity contribution in [1.29, 1.82) is 0 Å². The van der Waals surface area contributed by atoms with Gasteiger partial charge >= 0.3 is 0 Å². The molecule has 0 spiro atoms. The molecule has 2 N–H and O–H groups in total. The number of benzene rings is 2. The summed E-state index contributed by atoms with van der Waals surface area (Å²) in [5.74, 6) is -0.541. The van der Waals surface area contributed by atoms with Gasteiger partial charge in [0.1, 0.15) is 11.6 Å². The second-order valence-electron chi connectivity index (χ2n) is 5.88. The van der Waals surface area contributed by atoms with Crippen molar-refractivity contribution >= 4 is 35.3 Å². The summed E-state index contributed by atoms with van der Waals surface area (Å²) in [7, 11) is 0. The number of hydrogen-bond acceptors (Lipinski definition) is 4. The van der Waals surface area contributed by atoms with Crippen LogP contribution in [0.3, 0.4) is 0 Å². The third kappa shape index (κ3) is 7.36. The Hall–Kier alpha value is -2.93. The fraction of sp³-hybridized carbons (Fsp3) is 0.250. The Balaban J connectivity index is 1.81. The maximum absolute atomic E-state index is 12.8. The topological polar surface area (TPSA) is 79.8 Å². The van der Waals surface area contributed by atoms with Gasteiger partial charge in [0.05, 0.1) is 12.8 Å². The van der Waals surface area contributed by atoms with Gasteiger partial charge in [-0.25, -0.2) is 9.82 Å². The van der Waals surface area contributed by atoms with Gasteiger partial charge in [-0.15, -0.1) is 0 Å². The van der Waals surface area contributed by atoms with Crippen LogP contribution in [0.25, 0.3) is 0 Å². The van der Waals surface area contributed by atoms with Crippen LogP contribution in [0.4, 0.5) is 10.1 Å². The van der Waals surface area contributed by atoms with Crippen LogP contribution in [0.1, 0.15) is 31.7 Å². The zero-order chi connectivity index (χ0) is 20.4. The Kier molecular flexibility index (Phi) is 8.42. The smallest absolute Gasteiger partial charge is 0.240 e. The van der Waals surface area contributed by atoms with E-state index in [0.29, 0.717) is 28.6 Å². The maximum atomic E-state index is 12.8. The minimum Gasteiger partial charge on any atom is -0.493 e. The van der Waals surface area contributed by atoms with E-state index in [-0.39, 0.29) is 18.7 Å². The van der Waals surface area contributed by atoms with E-state index in [1.165, 1.54) is 30.5 Å². The van der Waals surface area contributed by atoms with Gasteiger partial charge in [-0.05, 0) is 48.9 Å². The fourth-order valence-corrected chi connectivity index (χ4v) is 2.36. The molecule has 0 aliphatic heterocycles. The molecule has 0 aromatic heterocycles. The zero-order valence-corrected chi connectivity index (χ0v) is 16.1. The maximum Gasteiger partial charge on any atom is 0.240 e. The molecule has 2 rings (SSSR count). The summed E-state index contributed by atoms with van der Waals surface area (Å²) in [6.45, 7) is 2.55. The highest BCUT2D eigenvalue weighted by molar-refractivity contribution is 6.30. The highest BCUT2D eigenvalue weighted by Gasteiger charge is 2.07. The molecule has 0 unspecified atom stereocenters. The van der Waals surface area contributed by atoms with Crippen molar-refractivity contribution in [2.75, 3.05) is 11.9 Å². The quantitative estimate of drug-likeness (QED) is 0.486. The SMILES string of the molecule is CCCOc1ccc(Cl)cc1C=NNC(=O)CCC(=O)Nc1ccc(F)cc1. The number of ether oxygens (including phenoxy) is 1. The predicted octanol–water partition coefficient (Wildman–Crippen LogP) is 4.14. The number of anilines is 1. The molecular formula is C20H21ClFN3O3. The number of carbonyl (C=O) groups is 2. The van der Waals surface area contributed by atoms with Gasteiger partial charge in [-0.1, -0.05) is 18.5 Å². The lowest BCUT2D eigenvalue weighted by atomic mass is 10.2. The molecule has 0 radical (unpaired) electrons. The molecule has 0 aliphatic rings. The zero-order valence-electron chi connectivity index (χ0n) is 15.4. The summed E-state index contributed by atoms with van der Waals surface area (Å²) in [4.78, 5) is 23.7. The molecule has 0 heterocycles. The number of nitrogens with zero attached hydrogens (tertiary/aromatic N) is 1. The van der Waals surface area contributed by atoms with Crippen LogP contribution in [-0.4, -0.2) is 24.6 Å². The van der Waals surface area contributed by atoms with Gasteiger partial charge in [0.2, 0.25) is 11.8 Å². The first-order chi connectivity index (χ1) is 13.5. The van der Waals surface area contributed by atoms with Crippen LogP contribution in [0, 0.1) is 5.82 Å².